The van der Waals surface area contributed by atoms with Crippen molar-refractivity contribution in [3.8, 4) is 11.4 Å². The molecular weight excluding hydrogens is 328 g/mol. The second-order valence-electron chi connectivity index (χ2n) is 6.95. The lowest BCUT2D eigenvalue weighted by Crippen LogP contribution is -2.51. The second-order valence-corrected chi connectivity index (χ2v) is 6.95. The highest BCUT2D eigenvalue weighted by atomic mass is 16.3. The van der Waals surface area contributed by atoms with Gasteiger partial charge < -0.3 is 10.4 Å². The number of aryl methyl sites for hydroxylation is 1. The van der Waals surface area contributed by atoms with Crippen LogP contribution in [0.5, 0.6) is 0 Å². The van der Waals surface area contributed by atoms with Gasteiger partial charge in [0.05, 0.1) is 18.2 Å². The Morgan fingerprint density at radius 2 is 2.12 bits per heavy atom. The molecule has 0 aliphatic heterocycles. The van der Waals surface area contributed by atoms with Crippen molar-refractivity contribution in [1.29, 1.82) is 0 Å². The quantitative estimate of drug-likeness (QED) is 0.750. The zero-order valence-corrected chi connectivity index (χ0v) is 14.3. The zero-order chi connectivity index (χ0) is 17.5. The van der Waals surface area contributed by atoms with E-state index in [4.69, 9.17) is 9.97 Å². The van der Waals surface area contributed by atoms with Crippen LogP contribution in [0.4, 0.5) is 5.82 Å². The average Bonchev–Trinajstić information content (AvgIpc) is 3.33. The number of aromatic nitrogens is 5. The molecule has 26 heavy (non-hydrogen) atoms. The maximum atomic E-state index is 10.2. The molecule has 0 amide bonds. The molecular formula is C19H20N6O. The maximum Gasteiger partial charge on any atom is 0.163 e. The van der Waals surface area contributed by atoms with Crippen molar-refractivity contribution in [3.63, 3.8) is 0 Å². The van der Waals surface area contributed by atoms with E-state index in [1.165, 1.54) is 5.56 Å². The predicted molar refractivity (Wildman–Crippen MR) is 96.6 cm³/mol. The number of pyridine rings is 1. The number of rotatable bonds is 4. The molecule has 2 N–H and O–H groups in total. The van der Waals surface area contributed by atoms with Gasteiger partial charge in [-0.2, -0.15) is 5.10 Å². The molecule has 7 heteroatoms. The summed E-state index contributed by atoms with van der Waals surface area (Å²) < 4.78 is 1.83. The van der Waals surface area contributed by atoms with E-state index in [0.29, 0.717) is 12.2 Å². The third kappa shape index (κ3) is 2.55. The standard InChI is InChI=1S/C19H20N6O/c26-16-10-15(17(16)25-9-3-8-21-25)23-19-13-5-1-6-14(13)22-18(24-19)12-4-2-7-20-11-12/h2-4,7-9,11,15-17,26H,1,5-6,10H2,(H,22,23,24)/t15-,16+,17+/m0/s1. The van der Waals surface area contributed by atoms with Crippen molar-refractivity contribution in [2.75, 3.05) is 5.32 Å². The Morgan fingerprint density at radius 1 is 1.15 bits per heavy atom. The molecule has 3 aromatic rings. The lowest BCUT2D eigenvalue weighted by atomic mass is 9.83. The average molecular weight is 348 g/mol. The van der Waals surface area contributed by atoms with Gasteiger partial charge in [-0.25, -0.2) is 9.97 Å². The summed E-state index contributed by atoms with van der Waals surface area (Å²) in [5.41, 5.74) is 3.25. The van der Waals surface area contributed by atoms with Crippen molar-refractivity contribution in [3.05, 3.63) is 54.2 Å². The van der Waals surface area contributed by atoms with E-state index in [1.54, 1.807) is 18.6 Å². The van der Waals surface area contributed by atoms with Crippen LogP contribution in [0.15, 0.2) is 43.0 Å². The summed E-state index contributed by atoms with van der Waals surface area (Å²) in [5, 5.41) is 18.1. The molecule has 7 nitrogen and oxygen atoms in total. The molecule has 0 saturated heterocycles. The van der Waals surface area contributed by atoms with Crippen LogP contribution in [0, 0.1) is 0 Å². The molecule has 0 aromatic carbocycles. The topological polar surface area (TPSA) is 88.8 Å². The van der Waals surface area contributed by atoms with Gasteiger partial charge >= 0.3 is 0 Å². The zero-order valence-electron chi connectivity index (χ0n) is 14.3. The molecule has 2 aliphatic carbocycles. The fourth-order valence-electron chi connectivity index (χ4n) is 3.92. The van der Waals surface area contributed by atoms with Crippen LogP contribution in [0.2, 0.25) is 0 Å². The molecule has 0 bridgehead atoms. The van der Waals surface area contributed by atoms with Gasteiger partial charge in [0.25, 0.3) is 0 Å². The lowest BCUT2D eigenvalue weighted by Gasteiger charge is -2.42. The Morgan fingerprint density at radius 3 is 2.88 bits per heavy atom. The van der Waals surface area contributed by atoms with Crippen LogP contribution in [-0.4, -0.2) is 42.0 Å². The smallest absolute Gasteiger partial charge is 0.163 e. The molecule has 0 unspecified atom stereocenters. The van der Waals surface area contributed by atoms with E-state index in [2.05, 4.69) is 15.4 Å². The minimum absolute atomic E-state index is 0.0705. The first-order valence-corrected chi connectivity index (χ1v) is 9.03. The molecule has 132 valence electrons. The molecule has 0 radical (unpaired) electrons. The maximum absolute atomic E-state index is 10.2. The highest BCUT2D eigenvalue weighted by molar-refractivity contribution is 5.60. The minimum Gasteiger partial charge on any atom is -0.391 e. The first-order chi connectivity index (χ1) is 12.8. The normalized spacial score (nSPS) is 24.1. The van der Waals surface area contributed by atoms with Gasteiger partial charge in [-0.3, -0.25) is 9.67 Å². The van der Waals surface area contributed by atoms with Gasteiger partial charge in [-0.05, 0) is 43.9 Å². The van der Waals surface area contributed by atoms with E-state index < -0.39 is 0 Å². The van der Waals surface area contributed by atoms with Crippen LogP contribution in [0.1, 0.15) is 30.1 Å². The lowest BCUT2D eigenvalue weighted by molar-refractivity contribution is 0.0133. The Bertz CT molecular complexity index is 911. The van der Waals surface area contributed by atoms with Gasteiger partial charge in [0.15, 0.2) is 5.82 Å². The van der Waals surface area contributed by atoms with Crippen LogP contribution in [0.25, 0.3) is 11.4 Å². The number of fused-ring (bicyclic) bond motifs is 1. The van der Waals surface area contributed by atoms with E-state index in [9.17, 15) is 5.11 Å². The number of aliphatic hydroxyl groups is 1. The molecule has 1 saturated carbocycles. The fourth-order valence-corrected chi connectivity index (χ4v) is 3.92. The number of hydrogen-bond donors (Lipinski definition) is 2. The summed E-state index contributed by atoms with van der Waals surface area (Å²) in [7, 11) is 0. The van der Waals surface area contributed by atoms with Gasteiger partial charge in [0, 0.05) is 41.6 Å². The summed E-state index contributed by atoms with van der Waals surface area (Å²) in [4.78, 5) is 13.7. The van der Waals surface area contributed by atoms with E-state index in [1.807, 2.05) is 29.1 Å². The van der Waals surface area contributed by atoms with Gasteiger partial charge in [-0.15, -0.1) is 0 Å². The number of nitrogens with zero attached hydrogens (tertiary/aromatic N) is 5. The molecule has 3 aromatic heterocycles. The van der Waals surface area contributed by atoms with Gasteiger partial charge in [0.1, 0.15) is 5.82 Å². The molecule has 5 rings (SSSR count). The highest BCUT2D eigenvalue weighted by Gasteiger charge is 2.42. The monoisotopic (exact) mass is 348 g/mol. The number of nitrogens with one attached hydrogen (secondary N) is 1. The van der Waals surface area contributed by atoms with Crippen LogP contribution < -0.4 is 5.32 Å². The molecule has 1 fully saturated rings. The first-order valence-electron chi connectivity index (χ1n) is 9.03. The van der Waals surface area contributed by atoms with Crippen LogP contribution >= 0.6 is 0 Å². The number of anilines is 1. The Hall–Kier alpha value is -2.80. The van der Waals surface area contributed by atoms with Crippen LogP contribution in [0.3, 0.4) is 0 Å². The first kappa shape index (κ1) is 15.5. The van der Waals surface area contributed by atoms with Crippen molar-refractivity contribution in [2.45, 2.75) is 43.9 Å². The Balaban J connectivity index is 1.48. The molecule has 3 heterocycles. The highest BCUT2D eigenvalue weighted by Crippen LogP contribution is 2.37. The summed E-state index contributed by atoms with van der Waals surface area (Å²) in [6.45, 7) is 0. The fraction of sp³-hybridized carbons (Fsp3) is 0.368. The van der Waals surface area contributed by atoms with Crippen LogP contribution in [-0.2, 0) is 12.8 Å². The van der Waals surface area contributed by atoms with Gasteiger partial charge in [0.2, 0.25) is 0 Å². The molecule has 0 spiro atoms. The van der Waals surface area contributed by atoms with Crippen molar-refractivity contribution in [2.24, 2.45) is 0 Å². The van der Waals surface area contributed by atoms with Gasteiger partial charge in [-0.1, -0.05) is 0 Å². The van der Waals surface area contributed by atoms with Crippen molar-refractivity contribution >= 4 is 5.82 Å². The number of hydrogen-bond acceptors (Lipinski definition) is 6. The van der Waals surface area contributed by atoms with E-state index >= 15 is 0 Å². The molecule has 2 aliphatic rings. The minimum atomic E-state index is -0.389. The summed E-state index contributed by atoms with van der Waals surface area (Å²) in [5.74, 6) is 1.59. The third-order valence-corrected chi connectivity index (χ3v) is 5.31. The van der Waals surface area contributed by atoms with E-state index in [-0.39, 0.29) is 18.2 Å². The second kappa shape index (κ2) is 6.17. The predicted octanol–water partition coefficient (Wildman–Crippen LogP) is 2.01. The summed E-state index contributed by atoms with van der Waals surface area (Å²) in [6.07, 6.45) is 10.6. The largest absolute Gasteiger partial charge is 0.391 e. The molecule has 3 atom stereocenters. The Labute approximate surface area is 151 Å². The summed E-state index contributed by atoms with van der Waals surface area (Å²) >= 11 is 0. The van der Waals surface area contributed by atoms with Crippen molar-refractivity contribution in [1.82, 2.24) is 24.7 Å². The SMILES string of the molecule is O[C@@H]1C[C@H](Nc2nc(-c3cccnc3)nc3c2CCC3)[C@H]1n1cccn1. The van der Waals surface area contributed by atoms with E-state index in [0.717, 1.165) is 36.3 Å². The van der Waals surface area contributed by atoms with Crippen molar-refractivity contribution < 1.29 is 5.11 Å². The number of aliphatic hydroxyl groups excluding tert-OH is 1. The third-order valence-electron chi connectivity index (χ3n) is 5.31. The summed E-state index contributed by atoms with van der Waals surface area (Å²) in [6, 6.07) is 5.79. The Kier molecular flexibility index (Phi) is 3.67.